The van der Waals surface area contributed by atoms with Gasteiger partial charge in [-0.25, -0.2) is 0 Å². The standard InChI is InChI=1S/C10H16N2O2/c1-3-8(10(11)13)12-7(2)9-5-4-6-14-9/h4-8,12H,3H2,1-2H3,(H2,11,13)/t7-,8?/m0/s1. The highest BCUT2D eigenvalue weighted by atomic mass is 16.3. The zero-order chi connectivity index (χ0) is 10.6. The van der Waals surface area contributed by atoms with E-state index in [0.717, 1.165) is 5.76 Å². The van der Waals surface area contributed by atoms with E-state index in [1.54, 1.807) is 6.26 Å². The molecule has 1 aromatic rings. The van der Waals surface area contributed by atoms with Gasteiger partial charge in [0, 0.05) is 0 Å². The van der Waals surface area contributed by atoms with Crippen LogP contribution in [0.25, 0.3) is 0 Å². The van der Waals surface area contributed by atoms with Crippen molar-refractivity contribution in [1.29, 1.82) is 0 Å². The molecule has 1 amide bonds. The molecule has 4 nitrogen and oxygen atoms in total. The Bertz CT molecular complexity index is 282. The molecule has 0 radical (unpaired) electrons. The number of rotatable bonds is 5. The smallest absolute Gasteiger partial charge is 0.234 e. The molecule has 0 saturated heterocycles. The van der Waals surface area contributed by atoms with Gasteiger partial charge in [-0.1, -0.05) is 6.92 Å². The fourth-order valence-corrected chi connectivity index (χ4v) is 1.32. The van der Waals surface area contributed by atoms with Crippen molar-refractivity contribution in [3.63, 3.8) is 0 Å². The van der Waals surface area contributed by atoms with Crippen molar-refractivity contribution in [2.45, 2.75) is 32.4 Å². The van der Waals surface area contributed by atoms with Crippen LogP contribution >= 0.6 is 0 Å². The van der Waals surface area contributed by atoms with Gasteiger partial charge in [-0.2, -0.15) is 0 Å². The van der Waals surface area contributed by atoms with E-state index in [4.69, 9.17) is 10.2 Å². The zero-order valence-electron chi connectivity index (χ0n) is 8.49. The van der Waals surface area contributed by atoms with Crippen molar-refractivity contribution in [2.75, 3.05) is 0 Å². The Labute approximate surface area is 83.5 Å². The number of nitrogens with one attached hydrogen (secondary N) is 1. The lowest BCUT2D eigenvalue weighted by molar-refractivity contribution is -0.120. The van der Waals surface area contributed by atoms with Gasteiger partial charge in [0.15, 0.2) is 0 Å². The van der Waals surface area contributed by atoms with E-state index in [9.17, 15) is 4.79 Å². The number of hydrogen-bond acceptors (Lipinski definition) is 3. The van der Waals surface area contributed by atoms with Gasteiger partial charge in [0.05, 0.1) is 18.3 Å². The summed E-state index contributed by atoms with van der Waals surface area (Å²) in [5, 5.41) is 3.10. The number of hydrogen-bond donors (Lipinski definition) is 2. The first-order valence-corrected chi connectivity index (χ1v) is 4.74. The van der Waals surface area contributed by atoms with Gasteiger partial charge in [0.1, 0.15) is 5.76 Å². The summed E-state index contributed by atoms with van der Waals surface area (Å²) in [6, 6.07) is 3.39. The quantitative estimate of drug-likeness (QED) is 0.743. The zero-order valence-corrected chi connectivity index (χ0v) is 8.49. The lowest BCUT2D eigenvalue weighted by Crippen LogP contribution is -2.41. The van der Waals surface area contributed by atoms with Crippen LogP contribution in [0.15, 0.2) is 22.8 Å². The number of primary amides is 1. The summed E-state index contributed by atoms with van der Waals surface area (Å²) in [5.41, 5.74) is 5.22. The van der Waals surface area contributed by atoms with Crippen molar-refractivity contribution >= 4 is 5.91 Å². The Balaban J connectivity index is 2.55. The molecule has 0 bridgehead atoms. The van der Waals surface area contributed by atoms with Crippen LogP contribution in [0.4, 0.5) is 0 Å². The molecule has 0 saturated carbocycles. The van der Waals surface area contributed by atoms with Gasteiger partial charge in [0.2, 0.25) is 5.91 Å². The minimum absolute atomic E-state index is 0.00227. The monoisotopic (exact) mass is 196 g/mol. The van der Waals surface area contributed by atoms with Gasteiger partial charge in [-0.05, 0) is 25.5 Å². The van der Waals surface area contributed by atoms with E-state index in [-0.39, 0.29) is 18.0 Å². The first kappa shape index (κ1) is 10.8. The van der Waals surface area contributed by atoms with Gasteiger partial charge < -0.3 is 10.2 Å². The van der Waals surface area contributed by atoms with Gasteiger partial charge in [-0.3, -0.25) is 10.1 Å². The maximum Gasteiger partial charge on any atom is 0.234 e. The van der Waals surface area contributed by atoms with Crippen molar-refractivity contribution < 1.29 is 9.21 Å². The van der Waals surface area contributed by atoms with Crippen LogP contribution in [-0.2, 0) is 4.79 Å². The van der Waals surface area contributed by atoms with Crippen molar-refractivity contribution in [1.82, 2.24) is 5.32 Å². The molecule has 1 unspecified atom stereocenters. The van der Waals surface area contributed by atoms with E-state index in [1.165, 1.54) is 0 Å². The molecule has 3 N–H and O–H groups in total. The lowest BCUT2D eigenvalue weighted by Gasteiger charge is -2.17. The van der Waals surface area contributed by atoms with E-state index in [1.807, 2.05) is 26.0 Å². The molecule has 4 heteroatoms. The fraction of sp³-hybridized carbons (Fsp3) is 0.500. The molecule has 0 aliphatic rings. The van der Waals surface area contributed by atoms with Crippen LogP contribution in [0.2, 0.25) is 0 Å². The third-order valence-corrected chi connectivity index (χ3v) is 2.17. The molecule has 14 heavy (non-hydrogen) atoms. The van der Waals surface area contributed by atoms with Crippen LogP contribution in [0.3, 0.4) is 0 Å². The SMILES string of the molecule is CCC(N[C@@H](C)c1ccco1)C(N)=O. The van der Waals surface area contributed by atoms with E-state index in [2.05, 4.69) is 5.32 Å². The summed E-state index contributed by atoms with van der Waals surface area (Å²) in [7, 11) is 0. The second-order valence-electron chi connectivity index (χ2n) is 3.27. The van der Waals surface area contributed by atoms with E-state index < -0.39 is 0 Å². The molecule has 1 rings (SSSR count). The highest BCUT2D eigenvalue weighted by Crippen LogP contribution is 2.13. The second-order valence-corrected chi connectivity index (χ2v) is 3.27. The fourth-order valence-electron chi connectivity index (χ4n) is 1.32. The van der Waals surface area contributed by atoms with Crippen LogP contribution < -0.4 is 11.1 Å². The average Bonchev–Trinajstić information content (AvgIpc) is 2.65. The Morgan fingerprint density at radius 2 is 2.43 bits per heavy atom. The maximum atomic E-state index is 11.0. The van der Waals surface area contributed by atoms with E-state index >= 15 is 0 Å². The average molecular weight is 196 g/mol. The molecule has 2 atom stereocenters. The Kier molecular flexibility index (Phi) is 3.71. The summed E-state index contributed by atoms with van der Waals surface area (Å²) in [6.45, 7) is 3.85. The van der Waals surface area contributed by atoms with Crippen LogP contribution in [0.1, 0.15) is 32.1 Å². The largest absolute Gasteiger partial charge is 0.468 e. The summed E-state index contributed by atoms with van der Waals surface area (Å²) >= 11 is 0. The number of carbonyl (C=O) groups excluding carboxylic acids is 1. The number of furan rings is 1. The molecule has 0 aromatic carbocycles. The van der Waals surface area contributed by atoms with Crippen LogP contribution in [0, 0.1) is 0 Å². The second kappa shape index (κ2) is 4.81. The summed E-state index contributed by atoms with van der Waals surface area (Å²) in [5.74, 6) is 0.482. The summed E-state index contributed by atoms with van der Waals surface area (Å²) < 4.78 is 5.21. The van der Waals surface area contributed by atoms with E-state index in [0.29, 0.717) is 6.42 Å². The van der Waals surface area contributed by atoms with Crippen molar-refractivity contribution in [2.24, 2.45) is 5.73 Å². The minimum Gasteiger partial charge on any atom is -0.468 e. The Hall–Kier alpha value is -1.29. The van der Waals surface area contributed by atoms with Gasteiger partial charge in [0.25, 0.3) is 0 Å². The van der Waals surface area contributed by atoms with Gasteiger partial charge >= 0.3 is 0 Å². The molecular weight excluding hydrogens is 180 g/mol. The first-order chi connectivity index (χ1) is 6.65. The summed E-state index contributed by atoms with van der Waals surface area (Å²) in [6.07, 6.45) is 2.29. The minimum atomic E-state index is -0.328. The molecule has 0 aliphatic heterocycles. The number of nitrogens with two attached hydrogens (primary N) is 1. The highest BCUT2D eigenvalue weighted by molar-refractivity contribution is 5.79. The molecule has 0 fully saturated rings. The van der Waals surface area contributed by atoms with Gasteiger partial charge in [-0.15, -0.1) is 0 Å². The number of carbonyl (C=O) groups is 1. The molecule has 1 aromatic heterocycles. The topological polar surface area (TPSA) is 68.3 Å². The predicted molar refractivity (Wildman–Crippen MR) is 53.5 cm³/mol. The Morgan fingerprint density at radius 3 is 2.86 bits per heavy atom. The van der Waals surface area contributed by atoms with Crippen molar-refractivity contribution in [3.8, 4) is 0 Å². The molecule has 0 spiro atoms. The predicted octanol–water partition coefficient (Wildman–Crippen LogP) is 1.19. The first-order valence-electron chi connectivity index (χ1n) is 4.74. The highest BCUT2D eigenvalue weighted by Gasteiger charge is 2.17. The third-order valence-electron chi connectivity index (χ3n) is 2.17. The molecule has 0 aliphatic carbocycles. The molecular formula is C10H16N2O2. The lowest BCUT2D eigenvalue weighted by atomic mass is 10.1. The number of amides is 1. The normalized spacial score (nSPS) is 15.0. The van der Waals surface area contributed by atoms with Crippen molar-refractivity contribution in [3.05, 3.63) is 24.2 Å². The summed E-state index contributed by atoms with van der Waals surface area (Å²) in [4.78, 5) is 11.0. The molecule has 1 heterocycles. The maximum absolute atomic E-state index is 11.0. The third kappa shape index (κ3) is 2.60. The van der Waals surface area contributed by atoms with Crippen LogP contribution in [-0.4, -0.2) is 11.9 Å². The molecule has 78 valence electrons. The van der Waals surface area contributed by atoms with Crippen LogP contribution in [0.5, 0.6) is 0 Å². The Morgan fingerprint density at radius 1 is 1.71 bits per heavy atom.